The fourth-order valence-electron chi connectivity index (χ4n) is 5.52. The van der Waals surface area contributed by atoms with Crippen LogP contribution in [0, 0.1) is 11.8 Å². The Kier molecular flexibility index (Phi) is 27.0. The van der Waals surface area contributed by atoms with Crippen molar-refractivity contribution in [2.24, 2.45) is 9.98 Å². The monoisotopic (exact) mass is 688 g/mol. The molecule has 0 atom stereocenters. The van der Waals surface area contributed by atoms with Gasteiger partial charge in [-0.25, -0.2) is 0 Å². The summed E-state index contributed by atoms with van der Waals surface area (Å²) in [6, 6.07) is 18.1. The summed E-state index contributed by atoms with van der Waals surface area (Å²) in [4.78, 5) is 9.09. The van der Waals surface area contributed by atoms with E-state index in [0.717, 1.165) is 29.1 Å². The van der Waals surface area contributed by atoms with Crippen LogP contribution in [0.25, 0.3) is 0 Å². The van der Waals surface area contributed by atoms with Crippen molar-refractivity contribution in [3.8, 4) is 11.8 Å². The van der Waals surface area contributed by atoms with E-state index in [1.807, 2.05) is 55.6 Å². The largest absolute Gasteiger partial charge is 0.255 e. The Bertz CT molecular complexity index is 1030. The van der Waals surface area contributed by atoms with E-state index in [-0.39, 0.29) is 20.4 Å². The van der Waals surface area contributed by atoms with Crippen LogP contribution in [0.4, 0.5) is 11.4 Å². The van der Waals surface area contributed by atoms with Gasteiger partial charge in [0.25, 0.3) is 0 Å². The quantitative estimate of drug-likeness (QED) is 0.0429. The maximum atomic E-state index is 4.63. The number of rotatable bonds is 25. The average Bonchev–Trinajstić information content (AvgIpc) is 3.03. The van der Waals surface area contributed by atoms with Crippen molar-refractivity contribution >= 4 is 23.3 Å². The third-order valence-corrected chi connectivity index (χ3v) is 8.22. The first-order valence-electron chi connectivity index (χ1n) is 18.0. The van der Waals surface area contributed by atoms with Gasteiger partial charge >= 0.3 is 0 Å². The van der Waals surface area contributed by atoms with Crippen LogP contribution in [0.3, 0.4) is 0 Å². The fourth-order valence-corrected chi connectivity index (χ4v) is 5.52. The molecule has 0 fully saturated rings. The first kappa shape index (κ1) is 40.0. The Morgan fingerprint density at radius 1 is 0.545 bits per heavy atom. The zero-order valence-electron chi connectivity index (χ0n) is 28.2. The molecule has 246 valence electrons. The van der Waals surface area contributed by atoms with Gasteiger partial charge in [0.15, 0.2) is 0 Å². The second kappa shape index (κ2) is 29.7. The Labute approximate surface area is 286 Å². The Morgan fingerprint density at radius 3 is 1.43 bits per heavy atom. The molecule has 0 bridgehead atoms. The van der Waals surface area contributed by atoms with Crippen molar-refractivity contribution < 1.29 is 20.4 Å². The Balaban J connectivity index is 0.00000968. The molecule has 0 saturated heterocycles. The van der Waals surface area contributed by atoms with Crippen LogP contribution >= 0.6 is 0 Å². The van der Waals surface area contributed by atoms with Gasteiger partial charge in [-0.05, 0) is 49.7 Å². The molecular formula is C41H62N2Pd. The second-order valence-electron chi connectivity index (χ2n) is 12.4. The first-order chi connectivity index (χ1) is 21.3. The summed E-state index contributed by atoms with van der Waals surface area (Å²) < 4.78 is 0. The van der Waals surface area contributed by atoms with Crippen LogP contribution < -0.4 is 0 Å². The summed E-state index contributed by atoms with van der Waals surface area (Å²) in [6.07, 6.45) is 34.2. The molecule has 0 spiro atoms. The molecule has 2 nitrogen and oxygen atoms in total. The van der Waals surface area contributed by atoms with Crippen LogP contribution in [0.15, 0.2) is 64.6 Å². The van der Waals surface area contributed by atoms with Crippen molar-refractivity contribution in [2.45, 2.75) is 162 Å². The van der Waals surface area contributed by atoms with Gasteiger partial charge in [0.2, 0.25) is 0 Å². The van der Waals surface area contributed by atoms with E-state index in [1.165, 1.54) is 141 Å². The minimum absolute atomic E-state index is 0. The standard InChI is InChI=1S/C41H62N2.Pd/c1-3-4-5-6-7-8-9-10-11-12-13-14-15-16-17-18-19-20-21-22-23-24-25-27-30-39-33-35-41(36-34-39)43-38(2)37-42-40-31-28-26-29-32-40;/h26,28-29,31-37H,3-25H2,1-2H3;. The van der Waals surface area contributed by atoms with Gasteiger partial charge in [0, 0.05) is 38.6 Å². The predicted molar refractivity (Wildman–Crippen MR) is 193 cm³/mol. The van der Waals surface area contributed by atoms with Crippen LogP contribution in [-0.2, 0) is 20.4 Å². The van der Waals surface area contributed by atoms with Crippen LogP contribution in [0.2, 0.25) is 0 Å². The number of para-hydroxylation sites is 1. The Morgan fingerprint density at radius 2 is 0.977 bits per heavy atom. The molecule has 44 heavy (non-hydrogen) atoms. The smallest absolute Gasteiger partial charge is 0.0634 e. The summed E-state index contributed by atoms with van der Waals surface area (Å²) >= 11 is 0. The van der Waals surface area contributed by atoms with Crippen molar-refractivity contribution in [3.05, 3.63) is 60.2 Å². The summed E-state index contributed by atoms with van der Waals surface area (Å²) in [7, 11) is 0. The van der Waals surface area contributed by atoms with E-state index in [2.05, 4.69) is 40.9 Å². The molecule has 0 aliphatic heterocycles. The van der Waals surface area contributed by atoms with E-state index < -0.39 is 0 Å². The molecule has 0 heterocycles. The molecule has 0 aromatic heterocycles. The molecule has 0 N–H and O–H groups in total. The Hall–Kier alpha value is -2.00. The number of hydrogen-bond acceptors (Lipinski definition) is 2. The van der Waals surface area contributed by atoms with Gasteiger partial charge < -0.3 is 0 Å². The molecule has 2 rings (SSSR count). The van der Waals surface area contributed by atoms with Crippen molar-refractivity contribution in [1.82, 2.24) is 0 Å². The van der Waals surface area contributed by atoms with Gasteiger partial charge in [-0.15, -0.1) is 0 Å². The summed E-state index contributed by atoms with van der Waals surface area (Å²) in [5.74, 6) is 6.67. The van der Waals surface area contributed by atoms with E-state index in [9.17, 15) is 0 Å². The maximum absolute atomic E-state index is 4.63. The predicted octanol–water partition coefficient (Wildman–Crippen LogP) is 13.5. The van der Waals surface area contributed by atoms with Gasteiger partial charge in [-0.3, -0.25) is 9.98 Å². The first-order valence-corrected chi connectivity index (χ1v) is 18.0. The molecule has 0 aliphatic rings. The number of aliphatic imine (C=N–C) groups is 2. The van der Waals surface area contributed by atoms with Crippen LogP contribution in [-0.4, -0.2) is 11.9 Å². The third-order valence-electron chi connectivity index (χ3n) is 8.22. The SMILES string of the molecule is CCCCCCCCCCCCCCCCCCCCCCCCC#Cc1ccc(N=C(C)C=Nc2ccccc2)cc1.[Pd]. The van der Waals surface area contributed by atoms with Gasteiger partial charge in [0.05, 0.1) is 17.1 Å². The number of unbranched alkanes of at least 4 members (excludes halogenated alkanes) is 22. The van der Waals surface area contributed by atoms with E-state index in [1.54, 1.807) is 0 Å². The van der Waals surface area contributed by atoms with Crippen molar-refractivity contribution in [2.75, 3.05) is 0 Å². The van der Waals surface area contributed by atoms with Gasteiger partial charge in [-0.2, -0.15) is 0 Å². The third kappa shape index (κ3) is 23.4. The molecule has 2 aromatic carbocycles. The minimum Gasteiger partial charge on any atom is -0.255 e. The van der Waals surface area contributed by atoms with Crippen LogP contribution in [0.1, 0.15) is 167 Å². The van der Waals surface area contributed by atoms with E-state index in [0.29, 0.717) is 0 Å². The zero-order valence-corrected chi connectivity index (χ0v) is 29.8. The number of hydrogen-bond donors (Lipinski definition) is 0. The summed E-state index contributed by atoms with van der Waals surface area (Å²) in [5.41, 5.74) is 3.82. The molecular weight excluding hydrogens is 627 g/mol. The van der Waals surface area contributed by atoms with Gasteiger partial charge in [-0.1, -0.05) is 172 Å². The molecule has 3 heteroatoms. The molecule has 0 saturated carbocycles. The number of benzene rings is 2. The molecule has 0 unspecified atom stereocenters. The molecule has 2 aromatic rings. The summed E-state index contributed by atoms with van der Waals surface area (Å²) in [6.45, 7) is 4.27. The van der Waals surface area contributed by atoms with E-state index >= 15 is 0 Å². The molecule has 0 aliphatic carbocycles. The van der Waals surface area contributed by atoms with Crippen LogP contribution in [0.5, 0.6) is 0 Å². The van der Waals surface area contributed by atoms with Crippen molar-refractivity contribution in [3.63, 3.8) is 0 Å². The van der Waals surface area contributed by atoms with Gasteiger partial charge in [0.1, 0.15) is 0 Å². The van der Waals surface area contributed by atoms with Crippen molar-refractivity contribution in [1.29, 1.82) is 0 Å². The normalized spacial score (nSPS) is 11.4. The number of nitrogens with zero attached hydrogens (tertiary/aromatic N) is 2. The second-order valence-corrected chi connectivity index (χ2v) is 12.4. The topological polar surface area (TPSA) is 24.7 Å². The minimum atomic E-state index is 0. The molecule has 0 radical (unpaired) electrons. The van der Waals surface area contributed by atoms with E-state index in [4.69, 9.17) is 0 Å². The zero-order chi connectivity index (χ0) is 30.5. The average molecular weight is 689 g/mol. The summed E-state index contributed by atoms with van der Waals surface area (Å²) in [5, 5.41) is 0. The maximum Gasteiger partial charge on any atom is 0.0634 e. The molecule has 0 amide bonds. The fraction of sp³-hybridized carbons (Fsp3) is 0.610.